The van der Waals surface area contributed by atoms with Gasteiger partial charge in [0.15, 0.2) is 5.11 Å². The third-order valence-electron chi connectivity index (χ3n) is 2.33. The normalized spacial score (nSPS) is 10.1. The molecule has 0 saturated heterocycles. The maximum Gasteiger partial charge on any atom is 0.176 e. The zero-order chi connectivity index (χ0) is 13.8. The Morgan fingerprint density at radius 3 is 2.68 bits per heavy atom. The van der Waals surface area contributed by atoms with Crippen LogP contribution >= 0.6 is 39.7 Å². The van der Waals surface area contributed by atoms with Crippen LogP contribution < -0.4 is 10.6 Å². The van der Waals surface area contributed by atoms with E-state index >= 15 is 0 Å². The van der Waals surface area contributed by atoms with Crippen LogP contribution in [0.25, 0.3) is 0 Å². The maximum absolute atomic E-state index is 6.10. The van der Waals surface area contributed by atoms with E-state index in [1.54, 1.807) is 12.3 Å². The number of nitrogens with zero attached hydrogens (tertiary/aromatic N) is 1. The molecule has 0 bridgehead atoms. The third kappa shape index (κ3) is 4.16. The van der Waals surface area contributed by atoms with Crippen molar-refractivity contribution in [1.82, 2.24) is 4.98 Å². The molecule has 2 rings (SSSR count). The summed E-state index contributed by atoms with van der Waals surface area (Å²) in [7, 11) is 0. The lowest BCUT2D eigenvalue weighted by atomic mass is 10.3. The van der Waals surface area contributed by atoms with Crippen molar-refractivity contribution in [3.8, 4) is 0 Å². The molecule has 6 heteroatoms. The number of aromatic nitrogens is 1. The Balaban J connectivity index is 2.03. The van der Waals surface area contributed by atoms with Crippen molar-refractivity contribution in [1.29, 1.82) is 0 Å². The molecule has 0 aliphatic heterocycles. The summed E-state index contributed by atoms with van der Waals surface area (Å²) in [6.07, 6.45) is 1.78. The van der Waals surface area contributed by atoms with Gasteiger partial charge >= 0.3 is 0 Å². The Morgan fingerprint density at radius 2 is 2.05 bits per heavy atom. The SMILES string of the molecule is Cc1ccc(NC(=S)Nc2ccc(Br)cc2Cl)nc1. The second kappa shape index (κ2) is 6.32. The molecule has 1 aromatic carbocycles. The molecule has 98 valence electrons. The zero-order valence-electron chi connectivity index (χ0n) is 10.1. The van der Waals surface area contributed by atoms with E-state index in [1.807, 2.05) is 31.2 Å². The number of anilines is 2. The Bertz CT molecular complexity index is 601. The quantitative estimate of drug-likeness (QED) is 0.770. The second-order valence-electron chi connectivity index (χ2n) is 3.92. The van der Waals surface area contributed by atoms with E-state index in [-0.39, 0.29) is 0 Å². The molecule has 1 heterocycles. The first-order valence-electron chi connectivity index (χ1n) is 5.50. The largest absolute Gasteiger partial charge is 0.331 e. The van der Waals surface area contributed by atoms with E-state index in [0.717, 1.165) is 15.7 Å². The highest BCUT2D eigenvalue weighted by molar-refractivity contribution is 9.10. The summed E-state index contributed by atoms with van der Waals surface area (Å²) in [4.78, 5) is 4.22. The van der Waals surface area contributed by atoms with Crippen LogP contribution in [0.1, 0.15) is 5.56 Å². The minimum absolute atomic E-state index is 0.445. The smallest absolute Gasteiger partial charge is 0.176 e. The van der Waals surface area contributed by atoms with Crippen LogP contribution in [0.5, 0.6) is 0 Å². The summed E-state index contributed by atoms with van der Waals surface area (Å²) in [5.74, 6) is 0.691. The van der Waals surface area contributed by atoms with Crippen LogP contribution in [0.4, 0.5) is 11.5 Å². The first-order valence-corrected chi connectivity index (χ1v) is 7.08. The van der Waals surface area contributed by atoms with Gasteiger partial charge in [-0.25, -0.2) is 4.98 Å². The Kier molecular flexibility index (Phi) is 4.74. The third-order valence-corrected chi connectivity index (χ3v) is 3.34. The fourth-order valence-electron chi connectivity index (χ4n) is 1.40. The van der Waals surface area contributed by atoms with Crippen molar-refractivity contribution < 1.29 is 0 Å². The summed E-state index contributed by atoms with van der Waals surface area (Å²) >= 11 is 14.7. The number of halogens is 2. The number of pyridine rings is 1. The topological polar surface area (TPSA) is 37.0 Å². The van der Waals surface area contributed by atoms with Crippen molar-refractivity contribution >= 4 is 56.4 Å². The lowest BCUT2D eigenvalue weighted by Crippen LogP contribution is -2.19. The minimum Gasteiger partial charge on any atom is -0.331 e. The number of benzene rings is 1. The van der Waals surface area contributed by atoms with Gasteiger partial charge in [0.25, 0.3) is 0 Å². The molecular weight excluding hydrogens is 346 g/mol. The van der Waals surface area contributed by atoms with E-state index in [4.69, 9.17) is 23.8 Å². The molecule has 0 aliphatic rings. The fraction of sp³-hybridized carbons (Fsp3) is 0.0769. The number of hydrogen-bond acceptors (Lipinski definition) is 2. The average molecular weight is 357 g/mol. The van der Waals surface area contributed by atoms with Gasteiger partial charge in [-0.1, -0.05) is 33.6 Å². The zero-order valence-corrected chi connectivity index (χ0v) is 13.2. The lowest BCUT2D eigenvalue weighted by molar-refractivity contribution is 1.27. The summed E-state index contributed by atoms with van der Waals surface area (Å²) in [5, 5.41) is 7.06. The highest BCUT2D eigenvalue weighted by Crippen LogP contribution is 2.25. The summed E-state index contributed by atoms with van der Waals surface area (Å²) in [6, 6.07) is 9.37. The number of hydrogen-bond donors (Lipinski definition) is 2. The predicted molar refractivity (Wildman–Crippen MR) is 88.0 cm³/mol. The van der Waals surface area contributed by atoms with Crippen LogP contribution in [0.3, 0.4) is 0 Å². The van der Waals surface area contributed by atoms with E-state index in [1.165, 1.54) is 0 Å². The van der Waals surface area contributed by atoms with Crippen LogP contribution in [-0.4, -0.2) is 10.1 Å². The van der Waals surface area contributed by atoms with Crippen molar-refractivity contribution in [3.05, 3.63) is 51.6 Å². The van der Waals surface area contributed by atoms with Gasteiger partial charge in [0, 0.05) is 10.7 Å². The van der Waals surface area contributed by atoms with Gasteiger partial charge in [0.05, 0.1) is 10.7 Å². The predicted octanol–water partition coefficient (Wildman–Crippen LogP) is 4.61. The molecule has 0 unspecified atom stereocenters. The standard InChI is InChI=1S/C13H11BrClN3S/c1-8-2-5-12(16-7-8)18-13(19)17-11-4-3-9(14)6-10(11)15/h2-7H,1H3,(H2,16,17,18,19). The lowest BCUT2D eigenvalue weighted by Gasteiger charge is -2.11. The minimum atomic E-state index is 0.445. The number of thiocarbonyl (C=S) groups is 1. The monoisotopic (exact) mass is 355 g/mol. The van der Waals surface area contributed by atoms with E-state index < -0.39 is 0 Å². The summed E-state index contributed by atoms with van der Waals surface area (Å²) < 4.78 is 0.919. The molecule has 0 amide bonds. The van der Waals surface area contributed by atoms with E-state index in [0.29, 0.717) is 16.0 Å². The molecule has 0 radical (unpaired) electrons. The highest BCUT2D eigenvalue weighted by Gasteiger charge is 2.04. The van der Waals surface area contributed by atoms with E-state index in [9.17, 15) is 0 Å². The van der Waals surface area contributed by atoms with Crippen LogP contribution in [0.2, 0.25) is 5.02 Å². The van der Waals surface area contributed by atoms with Gasteiger partial charge in [-0.05, 0) is 49.0 Å². The maximum atomic E-state index is 6.10. The second-order valence-corrected chi connectivity index (χ2v) is 5.66. The van der Waals surface area contributed by atoms with Gasteiger partial charge < -0.3 is 10.6 Å². The van der Waals surface area contributed by atoms with Gasteiger partial charge in [0.2, 0.25) is 0 Å². The van der Waals surface area contributed by atoms with Gasteiger partial charge in [-0.3, -0.25) is 0 Å². The van der Waals surface area contributed by atoms with Crippen molar-refractivity contribution in [2.75, 3.05) is 10.6 Å². The molecule has 0 atom stereocenters. The molecule has 1 aromatic heterocycles. The molecule has 0 saturated carbocycles. The molecule has 3 nitrogen and oxygen atoms in total. The first-order chi connectivity index (χ1) is 9.04. The molecule has 19 heavy (non-hydrogen) atoms. The number of aryl methyl sites for hydroxylation is 1. The Labute approximate surface area is 130 Å². The Morgan fingerprint density at radius 1 is 1.26 bits per heavy atom. The average Bonchev–Trinajstić information content (AvgIpc) is 2.36. The van der Waals surface area contributed by atoms with Gasteiger partial charge in [-0.2, -0.15) is 0 Å². The summed E-state index contributed by atoms with van der Waals surface area (Å²) in [6.45, 7) is 1.98. The molecule has 2 N–H and O–H groups in total. The van der Waals surface area contributed by atoms with Crippen molar-refractivity contribution in [3.63, 3.8) is 0 Å². The summed E-state index contributed by atoms with van der Waals surface area (Å²) in [5.41, 5.74) is 1.84. The van der Waals surface area contributed by atoms with Crippen LogP contribution in [0.15, 0.2) is 41.0 Å². The fourth-order valence-corrected chi connectivity index (χ4v) is 2.34. The van der Waals surface area contributed by atoms with Crippen molar-refractivity contribution in [2.24, 2.45) is 0 Å². The van der Waals surface area contributed by atoms with Crippen molar-refractivity contribution in [2.45, 2.75) is 6.92 Å². The van der Waals surface area contributed by atoms with Gasteiger partial charge in [0.1, 0.15) is 5.82 Å². The molecule has 0 aliphatic carbocycles. The molecular formula is C13H11BrClN3S. The Hall–Kier alpha value is -1.17. The van der Waals surface area contributed by atoms with Crippen LogP contribution in [0, 0.1) is 6.92 Å². The molecule has 0 spiro atoms. The first kappa shape index (κ1) is 14.2. The number of rotatable bonds is 2. The number of nitrogens with one attached hydrogen (secondary N) is 2. The van der Waals surface area contributed by atoms with Crippen LogP contribution in [-0.2, 0) is 0 Å². The van der Waals surface area contributed by atoms with E-state index in [2.05, 4.69) is 31.5 Å². The molecule has 0 fully saturated rings. The van der Waals surface area contributed by atoms with Gasteiger partial charge in [-0.15, -0.1) is 0 Å². The molecule has 2 aromatic rings. The highest BCUT2D eigenvalue weighted by atomic mass is 79.9.